The normalized spacial score (nSPS) is 19.5. The quantitative estimate of drug-likeness (QED) is 0.115. The molecule has 2 aromatic heterocycles. The average molecular weight is 619 g/mol. The third-order valence-electron chi connectivity index (χ3n) is 9.97. The average Bonchev–Trinajstić information content (AvgIpc) is 3.56. The fraction of sp³-hybridized carbons (Fsp3) is 0.316. The van der Waals surface area contributed by atoms with Gasteiger partial charge in [0.05, 0.1) is 28.7 Å². The Kier molecular flexibility index (Phi) is 8.33. The molecule has 5 N–H and O–H groups in total. The molecule has 2 atom stereocenters. The van der Waals surface area contributed by atoms with Crippen LogP contribution >= 0.6 is 0 Å². The largest absolute Gasteiger partial charge is 0.486 e. The van der Waals surface area contributed by atoms with E-state index in [1.807, 2.05) is 72.2 Å². The predicted molar refractivity (Wildman–Crippen MR) is 185 cm³/mol. The van der Waals surface area contributed by atoms with E-state index >= 15 is 4.39 Å². The zero-order valence-electron chi connectivity index (χ0n) is 27.3. The minimum absolute atomic E-state index is 0.0850. The smallest absolute Gasteiger partial charge is 0.165 e. The van der Waals surface area contributed by atoms with Crippen LogP contribution in [0.1, 0.15) is 62.8 Å². The zero-order valence-corrected chi connectivity index (χ0v) is 27.3. The molecule has 8 heteroatoms. The van der Waals surface area contributed by atoms with E-state index in [9.17, 15) is 0 Å². The Balaban J connectivity index is 1.42. The minimum atomic E-state index is -0.417. The van der Waals surface area contributed by atoms with Gasteiger partial charge in [-0.3, -0.25) is 0 Å². The number of para-hydroxylation sites is 1. The van der Waals surface area contributed by atoms with E-state index in [4.69, 9.17) is 26.3 Å². The van der Waals surface area contributed by atoms with Crippen LogP contribution in [0.5, 0.6) is 5.75 Å². The first-order chi connectivity index (χ1) is 22.0. The maximum absolute atomic E-state index is 15.4. The summed E-state index contributed by atoms with van der Waals surface area (Å²) in [7, 11) is 0. The van der Waals surface area contributed by atoms with Crippen LogP contribution < -0.4 is 21.5 Å². The summed E-state index contributed by atoms with van der Waals surface area (Å²) in [6.07, 6.45) is 6.32. The first-order valence-electron chi connectivity index (χ1n) is 15.9. The molecule has 0 aliphatic heterocycles. The van der Waals surface area contributed by atoms with Crippen LogP contribution in [0.3, 0.4) is 0 Å². The zero-order chi connectivity index (χ0) is 32.6. The molecule has 1 aliphatic carbocycles. The molecular formula is C38H43FN6O. The number of aliphatic imine (C=N–C) groups is 1. The Labute approximate surface area is 270 Å². The van der Waals surface area contributed by atoms with E-state index in [2.05, 4.69) is 39.1 Å². The van der Waals surface area contributed by atoms with Gasteiger partial charge in [-0.25, -0.2) is 13.9 Å². The molecule has 46 heavy (non-hydrogen) atoms. The molecule has 3 aromatic carbocycles. The summed E-state index contributed by atoms with van der Waals surface area (Å²) in [6.45, 7) is 10.9. The van der Waals surface area contributed by atoms with Crippen molar-refractivity contribution in [2.45, 2.75) is 72.1 Å². The molecule has 5 aromatic rings. The van der Waals surface area contributed by atoms with Gasteiger partial charge < -0.3 is 21.5 Å². The van der Waals surface area contributed by atoms with Crippen molar-refractivity contribution in [3.05, 3.63) is 113 Å². The van der Waals surface area contributed by atoms with Crippen molar-refractivity contribution in [1.29, 1.82) is 0 Å². The van der Waals surface area contributed by atoms with E-state index in [0.29, 0.717) is 18.0 Å². The monoisotopic (exact) mass is 618 g/mol. The number of fused-ring (bicyclic) bond motifs is 1. The molecule has 0 spiro atoms. The highest BCUT2D eigenvalue weighted by atomic mass is 19.1. The number of amidine groups is 1. The Morgan fingerprint density at radius 3 is 2.54 bits per heavy atom. The summed E-state index contributed by atoms with van der Waals surface area (Å²) in [4.78, 5) is 4.86. The molecule has 0 unspecified atom stereocenters. The molecular weight excluding hydrogens is 575 g/mol. The van der Waals surface area contributed by atoms with Gasteiger partial charge in [-0.2, -0.15) is 5.10 Å². The number of ether oxygens (including phenoxy) is 1. The number of benzene rings is 3. The predicted octanol–water partition coefficient (Wildman–Crippen LogP) is 7.95. The molecule has 1 fully saturated rings. The van der Waals surface area contributed by atoms with Gasteiger partial charge in [-0.15, -0.1) is 0 Å². The SMILES string of the molecule is CCc1ccccc1N=C(N)c1cnn2cc(-c3cc(F)c(OCc4ccccc4)cc3C)cc2c1N[C@@H]1CC[C@](C)(N)C1(C)C. The standard InChI is InChI=1S/C38H43FN6O/c1-6-26-14-10-11-15-31(26)43-36(40)29-21-42-45-22-27(19-32(45)35(29)44-34-16-17-38(5,41)37(34,3)4)28-20-30(39)33(18-24(28)2)46-23-25-12-8-7-9-13-25/h7-15,18-22,34,44H,6,16-17,23,41H2,1-5H3,(H2,40,43)/t34-,38+/m1/s1. The number of anilines is 1. The van der Waals surface area contributed by atoms with Crippen LogP contribution in [-0.4, -0.2) is 27.0 Å². The number of nitrogens with one attached hydrogen (secondary N) is 1. The van der Waals surface area contributed by atoms with Gasteiger partial charge in [-0.1, -0.05) is 69.3 Å². The van der Waals surface area contributed by atoms with Gasteiger partial charge >= 0.3 is 0 Å². The Bertz CT molecular complexity index is 1910. The van der Waals surface area contributed by atoms with E-state index in [1.54, 1.807) is 12.3 Å². The van der Waals surface area contributed by atoms with Crippen LogP contribution in [0.2, 0.25) is 0 Å². The number of aromatic nitrogens is 2. The van der Waals surface area contributed by atoms with Crippen LogP contribution in [-0.2, 0) is 13.0 Å². The second-order valence-electron chi connectivity index (χ2n) is 13.2. The second-order valence-corrected chi connectivity index (χ2v) is 13.2. The van der Waals surface area contributed by atoms with E-state index in [1.165, 1.54) is 6.07 Å². The molecule has 1 saturated carbocycles. The summed E-state index contributed by atoms with van der Waals surface area (Å²) in [5, 5.41) is 8.57. The fourth-order valence-corrected chi connectivity index (χ4v) is 6.42. The lowest BCUT2D eigenvalue weighted by molar-refractivity contribution is 0.215. The number of rotatable bonds is 9. The topological polar surface area (TPSA) is 103 Å². The number of hydrogen-bond acceptors (Lipinski definition) is 5. The molecule has 0 bridgehead atoms. The highest BCUT2D eigenvalue weighted by Crippen LogP contribution is 2.46. The maximum atomic E-state index is 15.4. The van der Waals surface area contributed by atoms with Crippen molar-refractivity contribution in [3.63, 3.8) is 0 Å². The number of nitrogens with zero attached hydrogens (tertiary/aromatic N) is 3. The van der Waals surface area contributed by atoms with Gasteiger partial charge in [-0.05, 0) is 79.6 Å². The van der Waals surface area contributed by atoms with Crippen LogP contribution in [0.25, 0.3) is 16.6 Å². The van der Waals surface area contributed by atoms with Crippen LogP contribution in [0.15, 0.2) is 90.2 Å². The maximum Gasteiger partial charge on any atom is 0.165 e. The molecule has 0 saturated heterocycles. The molecule has 238 valence electrons. The molecule has 2 heterocycles. The van der Waals surface area contributed by atoms with Crippen molar-refractivity contribution in [2.75, 3.05) is 5.32 Å². The van der Waals surface area contributed by atoms with Crippen molar-refractivity contribution in [1.82, 2.24) is 9.61 Å². The summed E-state index contributed by atoms with van der Waals surface area (Å²) in [5.41, 5.74) is 20.8. The number of aryl methyl sites for hydroxylation is 2. The van der Waals surface area contributed by atoms with Crippen molar-refractivity contribution in [2.24, 2.45) is 21.9 Å². The Morgan fingerprint density at radius 1 is 1.09 bits per heavy atom. The summed E-state index contributed by atoms with van der Waals surface area (Å²) >= 11 is 0. The first-order valence-corrected chi connectivity index (χ1v) is 15.9. The molecule has 6 rings (SSSR count). The summed E-state index contributed by atoms with van der Waals surface area (Å²) in [6, 6.07) is 23.2. The van der Waals surface area contributed by atoms with Gasteiger partial charge in [0.1, 0.15) is 12.4 Å². The highest BCUT2D eigenvalue weighted by molar-refractivity contribution is 6.06. The molecule has 1 aliphatic rings. The lowest BCUT2D eigenvalue weighted by Crippen LogP contribution is -2.51. The lowest BCUT2D eigenvalue weighted by atomic mass is 9.75. The molecule has 0 radical (unpaired) electrons. The third-order valence-corrected chi connectivity index (χ3v) is 9.97. The van der Waals surface area contributed by atoms with Crippen molar-refractivity contribution < 1.29 is 9.13 Å². The second kappa shape index (κ2) is 12.2. The minimum Gasteiger partial charge on any atom is -0.486 e. The van der Waals surface area contributed by atoms with Gasteiger partial charge in [0, 0.05) is 28.8 Å². The van der Waals surface area contributed by atoms with E-state index in [-0.39, 0.29) is 22.7 Å². The third kappa shape index (κ3) is 5.85. The van der Waals surface area contributed by atoms with Crippen LogP contribution in [0, 0.1) is 18.2 Å². The number of hydrogen-bond donors (Lipinski definition) is 3. The number of nitrogens with two attached hydrogens (primary N) is 2. The first kappa shape index (κ1) is 31.3. The van der Waals surface area contributed by atoms with Gasteiger partial charge in [0.25, 0.3) is 0 Å². The molecule has 7 nitrogen and oxygen atoms in total. The Hall–Kier alpha value is -4.69. The summed E-state index contributed by atoms with van der Waals surface area (Å²) < 4.78 is 23.1. The van der Waals surface area contributed by atoms with Crippen LogP contribution in [0.4, 0.5) is 15.8 Å². The molecule has 0 amide bonds. The lowest BCUT2D eigenvalue weighted by Gasteiger charge is -2.39. The summed E-state index contributed by atoms with van der Waals surface area (Å²) in [5.74, 6) is 0.176. The number of halogens is 1. The van der Waals surface area contributed by atoms with Crippen molar-refractivity contribution >= 4 is 22.7 Å². The Morgan fingerprint density at radius 2 is 1.83 bits per heavy atom. The van der Waals surface area contributed by atoms with Gasteiger partial charge in [0.2, 0.25) is 0 Å². The highest BCUT2D eigenvalue weighted by Gasteiger charge is 2.49. The van der Waals surface area contributed by atoms with Gasteiger partial charge in [0.15, 0.2) is 11.6 Å². The van der Waals surface area contributed by atoms with Crippen molar-refractivity contribution in [3.8, 4) is 16.9 Å². The van der Waals surface area contributed by atoms with E-state index < -0.39 is 5.82 Å². The fourth-order valence-electron chi connectivity index (χ4n) is 6.42. The van der Waals surface area contributed by atoms with E-state index in [0.717, 1.165) is 64.0 Å².